The molecule has 0 aliphatic carbocycles. The SMILES string of the molecule is O=P(O)(O)OP(=O)(O)OP(=O)(O)OP(=O)(O)O.[H-].[H-].[K+].[Na+]. The maximum Gasteiger partial charge on any atom is 1.00 e. The molecule has 0 heterocycles. The van der Waals surface area contributed by atoms with Crippen molar-refractivity contribution in [3.8, 4) is 0 Å². The van der Waals surface area contributed by atoms with Gasteiger partial charge in [-0.3, -0.25) is 0 Å². The van der Waals surface area contributed by atoms with Crippen molar-refractivity contribution in [2.45, 2.75) is 0 Å². The Labute approximate surface area is 173 Å². The largest absolute Gasteiger partial charge is 1.00 e. The standard InChI is InChI=1S/K.Na.H6O13P4.2H/c;;1-14(2,3)11-16(7,8)13-17(9,10)12-15(4,5)6;;/h;;(H,7,8)(H,9,10)(H2,1,2,3)(H2,4,5,6);;/q2*+1;;2*-1. The molecule has 0 aromatic rings. The normalized spacial score (nSPS) is 18.4. The molecule has 0 aliphatic rings. The van der Waals surface area contributed by atoms with Gasteiger partial charge >= 0.3 is 112 Å². The molecule has 0 saturated heterocycles. The zero-order valence-corrected chi connectivity index (χ0v) is 18.0. The van der Waals surface area contributed by atoms with E-state index >= 15 is 0 Å². The van der Waals surface area contributed by atoms with Gasteiger partial charge in [-0.05, 0) is 0 Å². The third-order valence-corrected chi connectivity index (χ3v) is 5.63. The van der Waals surface area contributed by atoms with Crippen molar-refractivity contribution in [3.63, 3.8) is 0 Å². The Morgan fingerprint density at radius 3 is 1.00 bits per heavy atom. The van der Waals surface area contributed by atoms with Crippen LogP contribution in [0.2, 0.25) is 0 Å². The summed E-state index contributed by atoms with van der Waals surface area (Å²) in [5.74, 6) is 0. The van der Waals surface area contributed by atoms with E-state index in [9.17, 15) is 18.3 Å². The summed E-state index contributed by atoms with van der Waals surface area (Å²) in [5.41, 5.74) is 0. The van der Waals surface area contributed by atoms with E-state index in [0.717, 1.165) is 0 Å². The van der Waals surface area contributed by atoms with E-state index in [1.165, 1.54) is 0 Å². The van der Waals surface area contributed by atoms with E-state index in [4.69, 9.17) is 29.4 Å². The summed E-state index contributed by atoms with van der Waals surface area (Å²) in [5, 5.41) is 0. The van der Waals surface area contributed by atoms with Crippen LogP contribution in [0.4, 0.5) is 0 Å². The molecule has 0 fully saturated rings. The zero-order valence-electron chi connectivity index (χ0n) is 11.3. The summed E-state index contributed by atoms with van der Waals surface area (Å²) in [7, 11) is -22.6. The number of rotatable bonds is 6. The summed E-state index contributed by atoms with van der Waals surface area (Å²) >= 11 is 0. The molecule has 0 spiro atoms. The molecule has 0 aliphatic heterocycles. The van der Waals surface area contributed by atoms with Gasteiger partial charge in [-0.2, -0.15) is 12.9 Å². The Hall–Kier alpha value is 3.20. The second kappa shape index (κ2) is 9.48. The van der Waals surface area contributed by atoms with Gasteiger partial charge in [-0.15, -0.1) is 0 Å². The molecule has 2 unspecified atom stereocenters. The van der Waals surface area contributed by atoms with Gasteiger partial charge in [0.05, 0.1) is 0 Å². The van der Waals surface area contributed by atoms with Gasteiger partial charge in [0.25, 0.3) is 0 Å². The van der Waals surface area contributed by atoms with Crippen molar-refractivity contribution >= 4 is 31.3 Å². The number of hydrogen-bond acceptors (Lipinski definition) is 7. The molecule has 0 rings (SSSR count). The molecule has 0 aromatic carbocycles. The van der Waals surface area contributed by atoms with Crippen molar-refractivity contribution in [2.75, 3.05) is 0 Å². The quantitative estimate of drug-likeness (QED) is 0.180. The molecular formula is H8KNaO13P4. The van der Waals surface area contributed by atoms with Crippen molar-refractivity contribution in [1.82, 2.24) is 0 Å². The third kappa shape index (κ3) is 17.4. The molecule has 108 valence electrons. The molecule has 13 nitrogen and oxygen atoms in total. The molecule has 0 bridgehead atoms. The van der Waals surface area contributed by atoms with Crippen LogP contribution in [-0.4, -0.2) is 29.4 Å². The monoisotopic (exact) mass is 402 g/mol. The van der Waals surface area contributed by atoms with Gasteiger partial charge in [0.1, 0.15) is 0 Å². The molecule has 0 aromatic heterocycles. The minimum Gasteiger partial charge on any atom is -1.00 e. The molecular weight excluding hydrogens is 394 g/mol. The van der Waals surface area contributed by atoms with Gasteiger partial charge in [-0.1, -0.05) is 0 Å². The molecule has 0 saturated carbocycles. The zero-order chi connectivity index (χ0) is 14.1. The summed E-state index contributed by atoms with van der Waals surface area (Å²) in [6, 6.07) is 0. The average Bonchev–Trinajstić information content (AvgIpc) is 1.65. The fourth-order valence-corrected chi connectivity index (χ4v) is 4.40. The predicted octanol–water partition coefficient (Wildman–Crippen LogP) is -6.34. The van der Waals surface area contributed by atoms with Crippen LogP contribution in [0.5, 0.6) is 0 Å². The van der Waals surface area contributed by atoms with Gasteiger partial charge in [-0.25, -0.2) is 18.3 Å². The summed E-state index contributed by atoms with van der Waals surface area (Å²) in [4.78, 5) is 49.4. The number of hydrogen-bond donors (Lipinski definition) is 6. The minimum absolute atomic E-state index is 0. The number of phosphoric acid groups is 4. The Balaban J connectivity index is -0.000000213. The predicted molar refractivity (Wildman–Crippen MR) is 49.2 cm³/mol. The first-order valence-electron chi connectivity index (χ1n) is 3.03. The minimum atomic E-state index is -5.77. The third-order valence-electron chi connectivity index (χ3n) is 0.625. The summed E-state index contributed by atoms with van der Waals surface area (Å²) in [6.45, 7) is 0. The van der Waals surface area contributed by atoms with E-state index in [1.807, 2.05) is 0 Å². The van der Waals surface area contributed by atoms with Gasteiger partial charge in [0.2, 0.25) is 0 Å². The van der Waals surface area contributed by atoms with Crippen LogP contribution < -0.4 is 80.9 Å². The summed E-state index contributed by atoms with van der Waals surface area (Å²) in [6.07, 6.45) is 0. The fraction of sp³-hybridized carbons (Fsp3) is 0. The molecule has 0 amide bonds. The first kappa shape index (κ1) is 27.1. The molecule has 0 radical (unpaired) electrons. The van der Waals surface area contributed by atoms with Crippen molar-refractivity contribution in [2.24, 2.45) is 0 Å². The second-order valence-electron chi connectivity index (χ2n) is 2.16. The van der Waals surface area contributed by atoms with Gasteiger partial charge in [0, 0.05) is 0 Å². The molecule has 6 N–H and O–H groups in total. The Bertz CT molecular complexity index is 423. The molecule has 2 atom stereocenters. The van der Waals surface area contributed by atoms with E-state index in [-0.39, 0.29) is 83.8 Å². The van der Waals surface area contributed by atoms with Crippen LogP contribution in [-0.2, 0) is 31.2 Å². The first-order valence-corrected chi connectivity index (χ1v) is 9.08. The molecule has 19 heteroatoms. The topological polar surface area (TPSA) is 217 Å². The van der Waals surface area contributed by atoms with Crippen LogP contribution in [0, 0.1) is 0 Å². The van der Waals surface area contributed by atoms with Gasteiger partial charge in [0.15, 0.2) is 0 Å². The van der Waals surface area contributed by atoms with Crippen molar-refractivity contribution < 1.29 is 144 Å². The summed E-state index contributed by atoms with van der Waals surface area (Å²) < 4.78 is 50.9. The van der Waals surface area contributed by atoms with Crippen LogP contribution in [0.1, 0.15) is 2.85 Å². The van der Waals surface area contributed by atoms with E-state index in [0.29, 0.717) is 0 Å². The van der Waals surface area contributed by atoms with Crippen LogP contribution in [0.15, 0.2) is 0 Å². The van der Waals surface area contributed by atoms with Crippen LogP contribution in [0.3, 0.4) is 0 Å². The second-order valence-corrected chi connectivity index (χ2v) is 7.96. The fourth-order valence-electron chi connectivity index (χ4n) is 0.429. The van der Waals surface area contributed by atoms with E-state index < -0.39 is 31.3 Å². The Kier molecular flexibility index (Phi) is 13.5. The maximum atomic E-state index is 10.7. The van der Waals surface area contributed by atoms with Crippen LogP contribution in [0.25, 0.3) is 0 Å². The maximum absolute atomic E-state index is 10.7. The Morgan fingerprint density at radius 2 is 0.842 bits per heavy atom. The van der Waals surface area contributed by atoms with E-state index in [1.54, 1.807) is 0 Å². The van der Waals surface area contributed by atoms with E-state index in [2.05, 4.69) is 12.9 Å². The average molecular weight is 402 g/mol. The van der Waals surface area contributed by atoms with Crippen molar-refractivity contribution in [1.29, 1.82) is 0 Å². The molecule has 19 heavy (non-hydrogen) atoms. The van der Waals surface area contributed by atoms with Gasteiger partial charge < -0.3 is 32.2 Å². The first-order chi connectivity index (χ1) is 7.12. The van der Waals surface area contributed by atoms with Crippen LogP contribution >= 0.6 is 31.3 Å². The smallest absolute Gasteiger partial charge is 1.00 e. The van der Waals surface area contributed by atoms with Crippen molar-refractivity contribution in [3.05, 3.63) is 0 Å². The Morgan fingerprint density at radius 1 is 0.632 bits per heavy atom.